The number of sulfonamides is 1. The average molecular weight is 405 g/mol. The van der Waals surface area contributed by atoms with Crippen LogP contribution < -0.4 is 5.32 Å². The molecule has 1 saturated heterocycles. The monoisotopic (exact) mass is 404 g/mol. The lowest BCUT2D eigenvalue weighted by atomic mass is 9.96. The first kappa shape index (κ1) is 21.1. The van der Waals surface area contributed by atoms with Crippen LogP contribution in [0.5, 0.6) is 0 Å². The van der Waals surface area contributed by atoms with Crippen molar-refractivity contribution in [2.45, 2.75) is 51.3 Å². The zero-order valence-electron chi connectivity index (χ0n) is 15.2. The Balaban J connectivity index is 1.95. The van der Waals surface area contributed by atoms with Crippen LogP contribution in [0.4, 0.5) is 4.39 Å². The molecule has 146 valence electrons. The Morgan fingerprint density at radius 1 is 1.38 bits per heavy atom. The Bertz CT molecular complexity index is 714. The second-order valence-corrected chi connectivity index (χ2v) is 9.20. The predicted octanol–water partition coefficient (Wildman–Crippen LogP) is 3.33. The summed E-state index contributed by atoms with van der Waals surface area (Å²) >= 11 is 5.94. The molecule has 1 aliphatic heterocycles. The lowest BCUT2D eigenvalue weighted by molar-refractivity contribution is -0.126. The fourth-order valence-corrected chi connectivity index (χ4v) is 5.12. The molecular weight excluding hydrogens is 379 g/mol. The SMILES string of the molecule is CCC[C@@H](C)NC(=O)C1CCN(S(=O)(=O)Cc2c(F)cccc2Cl)CC1. The van der Waals surface area contributed by atoms with Crippen molar-refractivity contribution in [1.82, 2.24) is 9.62 Å². The van der Waals surface area contributed by atoms with Crippen molar-refractivity contribution in [2.75, 3.05) is 13.1 Å². The van der Waals surface area contributed by atoms with Crippen molar-refractivity contribution in [3.05, 3.63) is 34.6 Å². The Kier molecular flexibility index (Phi) is 7.43. The van der Waals surface area contributed by atoms with E-state index >= 15 is 0 Å². The standard InChI is InChI=1S/C18H26ClFN2O3S/c1-3-5-13(2)21-18(23)14-8-10-22(11-9-14)26(24,25)12-15-16(19)6-4-7-17(15)20/h4,6-7,13-14H,3,5,8-12H2,1-2H3,(H,21,23)/t13-/m1/s1. The molecule has 1 fully saturated rings. The maximum Gasteiger partial charge on any atom is 0.223 e. The Hall–Kier alpha value is -1.18. The molecular formula is C18H26ClFN2O3S. The number of hydrogen-bond donors (Lipinski definition) is 1. The van der Waals surface area contributed by atoms with Crippen LogP contribution >= 0.6 is 11.6 Å². The van der Waals surface area contributed by atoms with Crippen LogP contribution in [0.15, 0.2) is 18.2 Å². The number of carbonyl (C=O) groups excluding carboxylic acids is 1. The van der Waals surface area contributed by atoms with Crippen LogP contribution in [0.1, 0.15) is 45.1 Å². The van der Waals surface area contributed by atoms with Gasteiger partial charge in [0.15, 0.2) is 0 Å². The maximum absolute atomic E-state index is 13.9. The molecule has 0 bridgehead atoms. The summed E-state index contributed by atoms with van der Waals surface area (Å²) in [7, 11) is -3.69. The van der Waals surface area contributed by atoms with E-state index in [1.165, 1.54) is 22.5 Å². The van der Waals surface area contributed by atoms with E-state index in [-0.39, 0.29) is 41.5 Å². The molecule has 1 amide bonds. The molecule has 1 aromatic rings. The number of amides is 1. The molecule has 0 aliphatic carbocycles. The molecule has 1 N–H and O–H groups in total. The number of nitrogens with one attached hydrogen (secondary N) is 1. The smallest absolute Gasteiger partial charge is 0.223 e. The summed E-state index contributed by atoms with van der Waals surface area (Å²) in [6, 6.07) is 4.24. The third kappa shape index (κ3) is 5.41. The van der Waals surface area contributed by atoms with E-state index in [0.717, 1.165) is 12.8 Å². The minimum Gasteiger partial charge on any atom is -0.353 e. The highest BCUT2D eigenvalue weighted by atomic mass is 35.5. The van der Waals surface area contributed by atoms with Crippen molar-refractivity contribution < 1.29 is 17.6 Å². The number of rotatable bonds is 7. The van der Waals surface area contributed by atoms with Gasteiger partial charge in [-0.3, -0.25) is 4.79 Å². The minimum atomic E-state index is -3.69. The predicted molar refractivity (Wildman–Crippen MR) is 101 cm³/mol. The first-order valence-electron chi connectivity index (χ1n) is 8.95. The van der Waals surface area contributed by atoms with Gasteiger partial charge in [-0.2, -0.15) is 0 Å². The molecule has 1 heterocycles. The summed E-state index contributed by atoms with van der Waals surface area (Å²) < 4.78 is 40.4. The number of benzene rings is 1. The van der Waals surface area contributed by atoms with Crippen molar-refractivity contribution in [3.8, 4) is 0 Å². The van der Waals surface area contributed by atoms with Gasteiger partial charge in [-0.25, -0.2) is 17.1 Å². The third-order valence-electron chi connectivity index (χ3n) is 4.72. The van der Waals surface area contributed by atoms with Gasteiger partial charge in [0.2, 0.25) is 15.9 Å². The highest BCUT2D eigenvalue weighted by Crippen LogP contribution is 2.26. The molecule has 0 spiro atoms. The van der Waals surface area contributed by atoms with E-state index in [1.54, 1.807) is 0 Å². The quantitative estimate of drug-likeness (QED) is 0.758. The van der Waals surface area contributed by atoms with Gasteiger partial charge in [-0.15, -0.1) is 0 Å². The lowest BCUT2D eigenvalue weighted by Gasteiger charge is -2.31. The molecule has 0 unspecified atom stereocenters. The molecule has 0 radical (unpaired) electrons. The number of carbonyl (C=O) groups is 1. The Morgan fingerprint density at radius 2 is 2.04 bits per heavy atom. The van der Waals surface area contributed by atoms with Gasteiger partial charge >= 0.3 is 0 Å². The first-order valence-corrected chi connectivity index (χ1v) is 10.9. The third-order valence-corrected chi connectivity index (χ3v) is 6.88. The normalized spacial score (nSPS) is 17.8. The zero-order chi connectivity index (χ0) is 19.3. The summed E-state index contributed by atoms with van der Waals surface area (Å²) in [4.78, 5) is 12.3. The van der Waals surface area contributed by atoms with Crippen LogP contribution in [0.25, 0.3) is 0 Å². The van der Waals surface area contributed by atoms with E-state index in [2.05, 4.69) is 12.2 Å². The van der Waals surface area contributed by atoms with Crippen LogP contribution in [0, 0.1) is 11.7 Å². The van der Waals surface area contributed by atoms with Crippen molar-refractivity contribution in [1.29, 1.82) is 0 Å². The van der Waals surface area contributed by atoms with Gasteiger partial charge in [-0.1, -0.05) is 31.0 Å². The molecule has 1 aliphatic rings. The number of piperidine rings is 1. The van der Waals surface area contributed by atoms with Gasteiger partial charge < -0.3 is 5.32 Å². The van der Waals surface area contributed by atoms with E-state index in [4.69, 9.17) is 11.6 Å². The maximum atomic E-state index is 13.9. The van der Waals surface area contributed by atoms with E-state index in [1.807, 2.05) is 6.92 Å². The summed E-state index contributed by atoms with van der Waals surface area (Å²) in [5.74, 6) is -1.29. The molecule has 8 heteroatoms. The number of halogens is 2. The Labute approximate surface area is 160 Å². The number of nitrogens with zero attached hydrogens (tertiary/aromatic N) is 1. The van der Waals surface area contributed by atoms with Crippen LogP contribution in [0.3, 0.4) is 0 Å². The second kappa shape index (κ2) is 9.15. The molecule has 2 rings (SSSR count). The van der Waals surface area contributed by atoms with Crippen molar-refractivity contribution in [2.24, 2.45) is 5.92 Å². The zero-order valence-corrected chi connectivity index (χ0v) is 16.7. The molecule has 5 nitrogen and oxygen atoms in total. The van der Waals surface area contributed by atoms with E-state index in [0.29, 0.717) is 12.8 Å². The molecule has 0 aromatic heterocycles. The van der Waals surface area contributed by atoms with Gasteiger partial charge in [0.25, 0.3) is 0 Å². The van der Waals surface area contributed by atoms with Crippen molar-refractivity contribution >= 4 is 27.5 Å². The highest BCUT2D eigenvalue weighted by molar-refractivity contribution is 7.88. The van der Waals surface area contributed by atoms with Crippen LogP contribution in [-0.2, 0) is 20.6 Å². The number of hydrogen-bond acceptors (Lipinski definition) is 3. The fourth-order valence-electron chi connectivity index (χ4n) is 3.21. The van der Waals surface area contributed by atoms with Gasteiger partial charge in [0, 0.05) is 35.6 Å². The highest BCUT2D eigenvalue weighted by Gasteiger charge is 2.32. The molecule has 1 atom stereocenters. The minimum absolute atomic E-state index is 0.0116. The largest absolute Gasteiger partial charge is 0.353 e. The van der Waals surface area contributed by atoms with E-state index in [9.17, 15) is 17.6 Å². The topological polar surface area (TPSA) is 66.5 Å². The van der Waals surface area contributed by atoms with Gasteiger partial charge in [0.05, 0.1) is 5.75 Å². The lowest BCUT2D eigenvalue weighted by Crippen LogP contribution is -2.45. The molecule has 26 heavy (non-hydrogen) atoms. The van der Waals surface area contributed by atoms with Crippen LogP contribution in [0.2, 0.25) is 5.02 Å². The molecule has 1 aromatic carbocycles. The molecule has 0 saturated carbocycles. The summed E-state index contributed by atoms with van der Waals surface area (Å²) in [6.45, 7) is 4.55. The average Bonchev–Trinajstić information content (AvgIpc) is 2.58. The fraction of sp³-hybridized carbons (Fsp3) is 0.611. The second-order valence-electron chi connectivity index (χ2n) is 6.83. The summed E-state index contributed by atoms with van der Waals surface area (Å²) in [5.41, 5.74) is -0.0116. The Morgan fingerprint density at radius 3 is 2.62 bits per heavy atom. The van der Waals surface area contributed by atoms with Gasteiger partial charge in [-0.05, 0) is 38.3 Å². The van der Waals surface area contributed by atoms with Crippen LogP contribution in [-0.4, -0.2) is 37.8 Å². The van der Waals surface area contributed by atoms with Crippen molar-refractivity contribution in [3.63, 3.8) is 0 Å². The van der Waals surface area contributed by atoms with Gasteiger partial charge in [0.1, 0.15) is 5.82 Å². The first-order chi connectivity index (χ1) is 12.2. The van der Waals surface area contributed by atoms with E-state index < -0.39 is 21.6 Å². The summed E-state index contributed by atoms with van der Waals surface area (Å²) in [5, 5.41) is 3.09. The summed E-state index contributed by atoms with van der Waals surface area (Å²) in [6.07, 6.45) is 2.85.